The molecule has 0 unspecified atom stereocenters. The molecule has 0 aliphatic carbocycles. The molecule has 0 saturated heterocycles. The number of hydrogen-bond donors (Lipinski definition) is 2. The Morgan fingerprint density at radius 2 is 1.36 bits per heavy atom. The van der Waals surface area contributed by atoms with Crippen LogP contribution in [0, 0.1) is 0 Å². The summed E-state index contributed by atoms with van der Waals surface area (Å²) in [6.07, 6.45) is 10.8. The van der Waals surface area contributed by atoms with Crippen LogP contribution in [-0.2, 0) is 4.79 Å². The van der Waals surface area contributed by atoms with Crippen molar-refractivity contribution < 1.29 is 4.79 Å². The van der Waals surface area contributed by atoms with Gasteiger partial charge in [0.15, 0.2) is 0 Å². The van der Waals surface area contributed by atoms with Gasteiger partial charge >= 0.3 is 0 Å². The summed E-state index contributed by atoms with van der Waals surface area (Å²) in [5.41, 5.74) is 5.40. The molecule has 0 rings (SSSR count). The predicted octanol–water partition coefficient (Wildman–Crippen LogP) is 1.81. The van der Waals surface area contributed by atoms with Crippen LogP contribution in [0.1, 0.15) is 51.4 Å². The van der Waals surface area contributed by atoms with E-state index in [2.05, 4.69) is 5.32 Å². The summed E-state index contributed by atoms with van der Waals surface area (Å²) in [5, 5.41) is 2.67. The maximum atomic E-state index is 9.92. The molecule has 84 valence electrons. The van der Waals surface area contributed by atoms with Crippen molar-refractivity contribution in [2.75, 3.05) is 13.1 Å². The molecule has 3 heteroatoms. The van der Waals surface area contributed by atoms with Gasteiger partial charge in [-0.3, -0.25) is 4.79 Å². The van der Waals surface area contributed by atoms with Gasteiger partial charge in [0, 0.05) is 6.54 Å². The van der Waals surface area contributed by atoms with E-state index in [1.807, 2.05) is 0 Å². The smallest absolute Gasteiger partial charge is 0.207 e. The zero-order chi connectivity index (χ0) is 10.5. The van der Waals surface area contributed by atoms with E-state index in [0.29, 0.717) is 0 Å². The Hall–Kier alpha value is -0.570. The second-order valence-corrected chi connectivity index (χ2v) is 3.69. The molecule has 0 aliphatic rings. The topological polar surface area (TPSA) is 55.1 Å². The highest BCUT2D eigenvalue weighted by Crippen LogP contribution is 2.07. The predicted molar refractivity (Wildman–Crippen MR) is 60.1 cm³/mol. The van der Waals surface area contributed by atoms with Gasteiger partial charge in [-0.1, -0.05) is 38.5 Å². The number of nitrogens with one attached hydrogen (secondary N) is 1. The Bertz CT molecular complexity index is 118. The summed E-state index contributed by atoms with van der Waals surface area (Å²) < 4.78 is 0. The van der Waals surface area contributed by atoms with Crippen molar-refractivity contribution in [1.82, 2.24) is 5.32 Å². The molecule has 14 heavy (non-hydrogen) atoms. The fourth-order valence-corrected chi connectivity index (χ4v) is 1.49. The number of rotatable bonds is 11. The zero-order valence-electron chi connectivity index (χ0n) is 9.13. The Labute approximate surface area is 87.4 Å². The third kappa shape index (κ3) is 11.4. The minimum Gasteiger partial charge on any atom is -0.359 e. The molecule has 0 aromatic carbocycles. The molecule has 0 atom stereocenters. The SMILES string of the molecule is NCCCCCCCCCCNC=O. The summed E-state index contributed by atoms with van der Waals surface area (Å²) in [5.74, 6) is 0. The monoisotopic (exact) mass is 200 g/mol. The van der Waals surface area contributed by atoms with E-state index in [4.69, 9.17) is 5.73 Å². The fourth-order valence-electron chi connectivity index (χ4n) is 1.49. The van der Waals surface area contributed by atoms with Crippen molar-refractivity contribution in [1.29, 1.82) is 0 Å². The van der Waals surface area contributed by atoms with Crippen molar-refractivity contribution in [2.45, 2.75) is 51.4 Å². The van der Waals surface area contributed by atoms with E-state index in [1.54, 1.807) is 0 Å². The molecule has 0 aromatic rings. The fraction of sp³-hybridized carbons (Fsp3) is 0.909. The van der Waals surface area contributed by atoms with Crippen LogP contribution in [0.2, 0.25) is 0 Å². The van der Waals surface area contributed by atoms with Crippen molar-refractivity contribution in [3.05, 3.63) is 0 Å². The van der Waals surface area contributed by atoms with E-state index < -0.39 is 0 Å². The van der Waals surface area contributed by atoms with Crippen LogP contribution < -0.4 is 11.1 Å². The van der Waals surface area contributed by atoms with Crippen LogP contribution >= 0.6 is 0 Å². The van der Waals surface area contributed by atoms with Gasteiger partial charge in [0.1, 0.15) is 0 Å². The number of amides is 1. The highest BCUT2D eigenvalue weighted by Gasteiger charge is 1.91. The van der Waals surface area contributed by atoms with Crippen molar-refractivity contribution >= 4 is 6.41 Å². The lowest BCUT2D eigenvalue weighted by atomic mass is 10.1. The Morgan fingerprint density at radius 1 is 0.857 bits per heavy atom. The van der Waals surface area contributed by atoms with Crippen LogP contribution in [-0.4, -0.2) is 19.5 Å². The summed E-state index contributed by atoms with van der Waals surface area (Å²) in [7, 11) is 0. The first-order chi connectivity index (χ1) is 6.91. The lowest BCUT2D eigenvalue weighted by molar-refractivity contribution is -0.109. The lowest BCUT2D eigenvalue weighted by Crippen LogP contribution is -2.11. The molecule has 3 N–H and O–H groups in total. The van der Waals surface area contributed by atoms with Crippen molar-refractivity contribution in [3.8, 4) is 0 Å². The highest BCUT2D eigenvalue weighted by molar-refractivity contribution is 5.45. The zero-order valence-corrected chi connectivity index (χ0v) is 9.13. The molecule has 0 aliphatic heterocycles. The number of hydrogen-bond acceptors (Lipinski definition) is 2. The first kappa shape index (κ1) is 13.4. The van der Waals surface area contributed by atoms with Gasteiger partial charge < -0.3 is 11.1 Å². The molecule has 0 radical (unpaired) electrons. The van der Waals surface area contributed by atoms with Crippen LogP contribution in [0.4, 0.5) is 0 Å². The standard InChI is InChI=1S/C11H24N2O/c12-9-7-5-3-1-2-4-6-8-10-13-11-14/h11H,1-10,12H2,(H,13,14). The van der Waals surface area contributed by atoms with Gasteiger partial charge in [-0.15, -0.1) is 0 Å². The molecule has 0 heterocycles. The molecule has 0 aromatic heterocycles. The molecule has 0 saturated carbocycles. The van der Waals surface area contributed by atoms with Gasteiger partial charge in [-0.2, -0.15) is 0 Å². The van der Waals surface area contributed by atoms with E-state index >= 15 is 0 Å². The maximum Gasteiger partial charge on any atom is 0.207 e. The number of unbranched alkanes of at least 4 members (excludes halogenated alkanes) is 7. The Kier molecular flexibility index (Phi) is 11.9. The normalized spacial score (nSPS) is 10.1. The molecular weight excluding hydrogens is 176 g/mol. The minimum atomic E-state index is 0.771. The minimum absolute atomic E-state index is 0.771. The quantitative estimate of drug-likeness (QED) is 0.395. The van der Waals surface area contributed by atoms with Crippen LogP contribution in [0.5, 0.6) is 0 Å². The number of nitrogens with two attached hydrogens (primary N) is 1. The van der Waals surface area contributed by atoms with Gasteiger partial charge in [0.25, 0.3) is 0 Å². The number of carbonyl (C=O) groups is 1. The van der Waals surface area contributed by atoms with Crippen molar-refractivity contribution in [3.63, 3.8) is 0 Å². The van der Waals surface area contributed by atoms with Crippen LogP contribution in [0.25, 0.3) is 0 Å². The van der Waals surface area contributed by atoms with Gasteiger partial charge in [-0.25, -0.2) is 0 Å². The van der Waals surface area contributed by atoms with E-state index in [0.717, 1.165) is 25.9 Å². The Morgan fingerprint density at radius 3 is 1.86 bits per heavy atom. The van der Waals surface area contributed by atoms with Crippen LogP contribution in [0.3, 0.4) is 0 Å². The summed E-state index contributed by atoms with van der Waals surface area (Å²) >= 11 is 0. The average Bonchev–Trinajstić information content (AvgIpc) is 2.21. The number of carbonyl (C=O) groups excluding carboxylic acids is 1. The molecule has 0 spiro atoms. The van der Waals surface area contributed by atoms with Gasteiger partial charge in [0.05, 0.1) is 0 Å². The third-order valence-electron chi connectivity index (χ3n) is 2.36. The summed E-state index contributed by atoms with van der Waals surface area (Å²) in [6, 6.07) is 0. The molecule has 3 nitrogen and oxygen atoms in total. The van der Waals surface area contributed by atoms with E-state index in [-0.39, 0.29) is 0 Å². The van der Waals surface area contributed by atoms with Crippen LogP contribution in [0.15, 0.2) is 0 Å². The first-order valence-corrected chi connectivity index (χ1v) is 5.79. The van der Waals surface area contributed by atoms with E-state index in [1.165, 1.54) is 44.9 Å². The maximum absolute atomic E-state index is 9.92. The molecule has 0 fully saturated rings. The molecule has 0 bridgehead atoms. The largest absolute Gasteiger partial charge is 0.359 e. The summed E-state index contributed by atoms with van der Waals surface area (Å²) in [4.78, 5) is 9.92. The molecular formula is C11H24N2O. The van der Waals surface area contributed by atoms with E-state index in [9.17, 15) is 4.79 Å². The summed E-state index contributed by atoms with van der Waals surface area (Å²) in [6.45, 7) is 1.66. The van der Waals surface area contributed by atoms with Gasteiger partial charge in [0.2, 0.25) is 6.41 Å². The second kappa shape index (κ2) is 12.4. The lowest BCUT2D eigenvalue weighted by Gasteiger charge is -2.01. The molecule has 1 amide bonds. The first-order valence-electron chi connectivity index (χ1n) is 5.79. The third-order valence-corrected chi connectivity index (χ3v) is 2.36. The average molecular weight is 200 g/mol. The second-order valence-electron chi connectivity index (χ2n) is 3.69. The van der Waals surface area contributed by atoms with Crippen molar-refractivity contribution in [2.24, 2.45) is 5.73 Å². The highest BCUT2D eigenvalue weighted by atomic mass is 16.1. The van der Waals surface area contributed by atoms with Gasteiger partial charge in [-0.05, 0) is 19.4 Å². The Balaban J connectivity index is 2.81.